The Hall–Kier alpha value is -0.590. The van der Waals surface area contributed by atoms with Crippen LogP contribution in [0.15, 0.2) is 11.4 Å². The first-order valence-electron chi connectivity index (χ1n) is 6.18. The first kappa shape index (κ1) is 14.8. The second-order valence-electron chi connectivity index (χ2n) is 6.30. The molecule has 0 unspecified atom stereocenters. The van der Waals surface area contributed by atoms with Gasteiger partial charge in [-0.2, -0.15) is 0 Å². The standard InChI is InChI=1S/C12H20ClN3O2S/c1-11(2)8(12(11,3)4)6-15-19(17,18)10-9(13)16(5)7-14-10/h7-8,15H,6H2,1-5H3. The van der Waals surface area contributed by atoms with E-state index >= 15 is 0 Å². The Bertz CT molecular complexity index is 590. The Morgan fingerprint density at radius 3 is 2.26 bits per heavy atom. The zero-order chi connectivity index (χ0) is 14.6. The van der Waals surface area contributed by atoms with E-state index in [9.17, 15) is 8.42 Å². The minimum absolute atomic E-state index is 0.104. The maximum atomic E-state index is 12.1. The van der Waals surface area contributed by atoms with Gasteiger partial charge in [-0.05, 0) is 16.7 Å². The van der Waals surface area contributed by atoms with Crippen molar-refractivity contribution in [2.75, 3.05) is 6.54 Å². The van der Waals surface area contributed by atoms with Crippen molar-refractivity contribution in [3.63, 3.8) is 0 Å². The van der Waals surface area contributed by atoms with Crippen molar-refractivity contribution in [1.29, 1.82) is 0 Å². The van der Waals surface area contributed by atoms with Crippen molar-refractivity contribution in [2.45, 2.75) is 32.7 Å². The minimum Gasteiger partial charge on any atom is -0.324 e. The van der Waals surface area contributed by atoms with Gasteiger partial charge in [0.2, 0.25) is 5.03 Å². The second kappa shape index (κ2) is 4.20. The van der Waals surface area contributed by atoms with Gasteiger partial charge in [0.1, 0.15) is 5.15 Å². The lowest BCUT2D eigenvalue weighted by Gasteiger charge is -2.06. The first-order chi connectivity index (χ1) is 8.52. The number of aryl methyl sites for hydroxylation is 1. The molecule has 1 saturated carbocycles. The molecule has 0 atom stereocenters. The van der Waals surface area contributed by atoms with Gasteiger partial charge in [-0.1, -0.05) is 39.3 Å². The number of nitrogens with zero attached hydrogens (tertiary/aromatic N) is 2. The van der Waals surface area contributed by atoms with Crippen LogP contribution in [0.25, 0.3) is 0 Å². The number of imidazole rings is 1. The minimum atomic E-state index is -3.64. The third kappa shape index (κ3) is 2.19. The predicted molar refractivity (Wildman–Crippen MR) is 74.5 cm³/mol. The quantitative estimate of drug-likeness (QED) is 0.926. The molecular formula is C12H20ClN3O2S. The molecule has 0 aliphatic heterocycles. The van der Waals surface area contributed by atoms with Crippen LogP contribution >= 0.6 is 11.6 Å². The first-order valence-corrected chi connectivity index (χ1v) is 8.04. The third-order valence-electron chi connectivity index (χ3n) is 4.89. The van der Waals surface area contributed by atoms with Gasteiger partial charge in [0.15, 0.2) is 0 Å². The summed E-state index contributed by atoms with van der Waals surface area (Å²) >= 11 is 5.92. The summed E-state index contributed by atoms with van der Waals surface area (Å²) in [5, 5.41) is 0.0229. The molecule has 2 rings (SSSR count). The predicted octanol–water partition coefficient (Wildman–Crippen LogP) is 2.03. The summed E-state index contributed by atoms with van der Waals surface area (Å²) in [5.74, 6) is 0.317. The number of aromatic nitrogens is 2. The van der Waals surface area contributed by atoms with Crippen LogP contribution in [0.4, 0.5) is 0 Å². The number of hydrogen-bond acceptors (Lipinski definition) is 3. The molecule has 1 heterocycles. The van der Waals surface area contributed by atoms with Crippen molar-refractivity contribution in [3.05, 3.63) is 11.5 Å². The van der Waals surface area contributed by atoms with Gasteiger partial charge in [0, 0.05) is 13.6 Å². The largest absolute Gasteiger partial charge is 0.324 e. The van der Waals surface area contributed by atoms with Crippen LogP contribution in [0.2, 0.25) is 5.15 Å². The third-order valence-corrected chi connectivity index (χ3v) is 6.80. The Balaban J connectivity index is 2.11. The molecule has 1 aliphatic carbocycles. The van der Waals surface area contributed by atoms with Crippen molar-refractivity contribution in [1.82, 2.24) is 14.3 Å². The Labute approximate surface area is 119 Å². The number of nitrogens with one attached hydrogen (secondary N) is 1. The van der Waals surface area contributed by atoms with Gasteiger partial charge in [0.25, 0.3) is 10.0 Å². The zero-order valence-corrected chi connectivity index (χ0v) is 13.4. The maximum Gasteiger partial charge on any atom is 0.261 e. The fourth-order valence-corrected chi connectivity index (χ4v) is 4.15. The van der Waals surface area contributed by atoms with Gasteiger partial charge in [-0.25, -0.2) is 18.1 Å². The molecule has 1 aliphatic rings. The molecule has 1 fully saturated rings. The molecule has 1 aromatic rings. The van der Waals surface area contributed by atoms with E-state index in [1.807, 2.05) is 0 Å². The molecule has 5 nitrogen and oxygen atoms in total. The van der Waals surface area contributed by atoms with Crippen LogP contribution in [-0.4, -0.2) is 24.5 Å². The number of sulfonamides is 1. The molecule has 1 N–H and O–H groups in total. The molecule has 0 saturated heterocycles. The fraction of sp³-hybridized carbons (Fsp3) is 0.750. The number of rotatable bonds is 4. The molecule has 0 bridgehead atoms. The Kier molecular flexibility index (Phi) is 3.27. The average Bonchev–Trinajstić information content (AvgIpc) is 2.54. The van der Waals surface area contributed by atoms with Crippen LogP contribution < -0.4 is 4.72 Å². The molecule has 1 aromatic heterocycles. The van der Waals surface area contributed by atoms with Gasteiger partial charge in [0.05, 0.1) is 6.33 Å². The van der Waals surface area contributed by atoms with Crippen LogP contribution in [0, 0.1) is 16.7 Å². The molecule has 7 heteroatoms. The molecule has 0 radical (unpaired) electrons. The van der Waals surface area contributed by atoms with Crippen LogP contribution in [0.1, 0.15) is 27.7 Å². The highest BCUT2D eigenvalue weighted by molar-refractivity contribution is 7.89. The molecular weight excluding hydrogens is 286 g/mol. The highest BCUT2D eigenvalue weighted by atomic mass is 35.5. The summed E-state index contributed by atoms with van der Waals surface area (Å²) in [6.45, 7) is 9.02. The van der Waals surface area contributed by atoms with Gasteiger partial charge in [-0.3, -0.25) is 0 Å². The molecule has 19 heavy (non-hydrogen) atoms. The van der Waals surface area contributed by atoms with E-state index in [0.717, 1.165) is 0 Å². The molecule has 108 valence electrons. The van der Waals surface area contributed by atoms with E-state index in [0.29, 0.717) is 12.5 Å². The second-order valence-corrected chi connectivity index (χ2v) is 8.34. The van der Waals surface area contributed by atoms with E-state index in [2.05, 4.69) is 37.4 Å². The summed E-state index contributed by atoms with van der Waals surface area (Å²) in [7, 11) is -1.99. The maximum absolute atomic E-state index is 12.1. The van der Waals surface area contributed by atoms with Crippen molar-refractivity contribution < 1.29 is 8.42 Å². The molecule has 0 aromatic carbocycles. The smallest absolute Gasteiger partial charge is 0.261 e. The number of hydrogen-bond donors (Lipinski definition) is 1. The van der Waals surface area contributed by atoms with Crippen molar-refractivity contribution >= 4 is 21.6 Å². The number of halogens is 1. The topological polar surface area (TPSA) is 64.0 Å². The summed E-state index contributed by atoms with van der Waals surface area (Å²) in [6, 6.07) is 0. The van der Waals surface area contributed by atoms with Crippen LogP contribution in [-0.2, 0) is 17.1 Å². The molecule has 0 amide bonds. The Morgan fingerprint density at radius 2 is 1.89 bits per heavy atom. The van der Waals surface area contributed by atoms with Gasteiger partial charge >= 0.3 is 0 Å². The normalized spacial score (nSPS) is 21.6. The van der Waals surface area contributed by atoms with Crippen LogP contribution in [0.3, 0.4) is 0 Å². The summed E-state index contributed by atoms with van der Waals surface area (Å²) in [5.41, 5.74) is 0.285. The lowest BCUT2D eigenvalue weighted by atomic mass is 10.0. The van der Waals surface area contributed by atoms with E-state index in [1.165, 1.54) is 10.9 Å². The summed E-state index contributed by atoms with van der Waals surface area (Å²) in [6.07, 6.45) is 1.39. The van der Waals surface area contributed by atoms with E-state index in [1.54, 1.807) is 7.05 Å². The lowest BCUT2D eigenvalue weighted by Crippen LogP contribution is -2.28. The lowest BCUT2D eigenvalue weighted by molar-refractivity contribution is 0.457. The fourth-order valence-electron chi connectivity index (χ4n) is 2.68. The monoisotopic (exact) mass is 305 g/mol. The highest BCUT2D eigenvalue weighted by Crippen LogP contribution is 2.67. The summed E-state index contributed by atoms with van der Waals surface area (Å²) in [4.78, 5) is 3.84. The average molecular weight is 306 g/mol. The Morgan fingerprint density at radius 1 is 1.37 bits per heavy atom. The van der Waals surface area contributed by atoms with Crippen molar-refractivity contribution in [3.8, 4) is 0 Å². The van der Waals surface area contributed by atoms with E-state index < -0.39 is 10.0 Å². The highest BCUT2D eigenvalue weighted by Gasteiger charge is 2.64. The van der Waals surface area contributed by atoms with Gasteiger partial charge < -0.3 is 4.57 Å². The van der Waals surface area contributed by atoms with Crippen LogP contribution in [0.5, 0.6) is 0 Å². The van der Waals surface area contributed by atoms with E-state index in [4.69, 9.17) is 11.6 Å². The summed E-state index contributed by atoms with van der Waals surface area (Å²) < 4.78 is 28.4. The van der Waals surface area contributed by atoms with Crippen molar-refractivity contribution in [2.24, 2.45) is 23.8 Å². The molecule has 0 spiro atoms. The van der Waals surface area contributed by atoms with E-state index in [-0.39, 0.29) is 21.0 Å². The zero-order valence-electron chi connectivity index (χ0n) is 11.9. The van der Waals surface area contributed by atoms with Gasteiger partial charge in [-0.15, -0.1) is 0 Å². The SMILES string of the molecule is Cn1cnc(S(=O)(=O)NCC2C(C)(C)C2(C)C)c1Cl.